The molecule has 0 amide bonds. The maximum Gasteiger partial charge on any atom is 2.00 e. The van der Waals surface area contributed by atoms with Crippen molar-refractivity contribution in [3.63, 3.8) is 0 Å². The molecule has 0 radical (unpaired) electrons. The van der Waals surface area contributed by atoms with Crippen molar-refractivity contribution in [2.75, 3.05) is 0 Å². The molecule has 0 saturated carbocycles. The van der Waals surface area contributed by atoms with E-state index in [9.17, 15) is 25.9 Å². The summed E-state index contributed by atoms with van der Waals surface area (Å²) in [5.74, 6) is 0. The zero-order chi connectivity index (χ0) is 52.1. The molecule has 0 aromatic heterocycles. The van der Waals surface area contributed by atoms with Crippen molar-refractivity contribution in [2.45, 2.75) is 294 Å². The summed E-state index contributed by atoms with van der Waals surface area (Å²) in [6.45, 7) is 9.05. The van der Waals surface area contributed by atoms with Gasteiger partial charge in [-0.2, -0.15) is 0 Å². The Morgan fingerprint density at radius 2 is 0.534 bits per heavy atom. The fraction of sp³-hybridized carbons (Fsp3) is 0.688. The Labute approximate surface area is 489 Å². The Bertz CT molecular complexity index is 2100. The third-order valence-electron chi connectivity index (χ3n) is 15.1. The summed E-state index contributed by atoms with van der Waals surface area (Å²) in [5, 5.41) is 3.98. The summed E-state index contributed by atoms with van der Waals surface area (Å²) >= 11 is 0. The molecule has 0 N–H and O–H groups in total. The van der Waals surface area contributed by atoms with Crippen LogP contribution in [0.5, 0.6) is 0 Å². The van der Waals surface area contributed by atoms with Gasteiger partial charge in [-0.15, -0.1) is 0 Å². The fourth-order valence-corrected chi connectivity index (χ4v) is 11.7. The standard InChI is InChI=1S/2C32H52O3S.Ba/c2*1-3-5-7-9-11-13-15-17-19-21-28-23-24-29-27-30(36(33,34)35)25-26-32(29)31(28)22-20-18-16-14-12-10-8-6-4-2;/h2*23-27H,3-22H2,1-2H3,(H,33,34,35);/q;;+2/p-2. The molecule has 4 aromatic carbocycles. The third-order valence-corrected chi connectivity index (χ3v) is 16.8. The van der Waals surface area contributed by atoms with Gasteiger partial charge in [0.2, 0.25) is 0 Å². The molecule has 0 spiro atoms. The zero-order valence-corrected chi connectivity index (χ0v) is 53.1. The molecule has 0 atom stereocenters. The normalized spacial score (nSPS) is 11.8. The van der Waals surface area contributed by atoms with E-state index in [1.807, 2.05) is 24.3 Å². The summed E-state index contributed by atoms with van der Waals surface area (Å²) in [4.78, 5) is -0.258. The van der Waals surface area contributed by atoms with E-state index >= 15 is 0 Å². The zero-order valence-electron chi connectivity index (χ0n) is 47.0. The number of aryl methyl sites for hydroxylation is 4. The molecular formula is C64H102BaO6S2. The Balaban J connectivity index is 0.000000493. The largest absolute Gasteiger partial charge is 2.00 e. The van der Waals surface area contributed by atoms with E-state index in [2.05, 4.69) is 39.8 Å². The van der Waals surface area contributed by atoms with Crippen molar-refractivity contribution in [2.24, 2.45) is 0 Å². The van der Waals surface area contributed by atoms with Crippen molar-refractivity contribution in [3.8, 4) is 0 Å². The molecule has 0 heterocycles. The van der Waals surface area contributed by atoms with Gasteiger partial charge in [0.1, 0.15) is 20.2 Å². The summed E-state index contributed by atoms with van der Waals surface area (Å²) in [5.41, 5.74) is 5.54. The molecule has 0 aliphatic rings. The van der Waals surface area contributed by atoms with Crippen LogP contribution in [0.1, 0.15) is 281 Å². The van der Waals surface area contributed by atoms with E-state index in [0.29, 0.717) is 0 Å². The first-order valence-corrected chi connectivity index (χ1v) is 32.8. The second kappa shape index (κ2) is 41.8. The average Bonchev–Trinajstić information content (AvgIpc) is 3.36. The molecule has 0 unspecified atom stereocenters. The minimum Gasteiger partial charge on any atom is -0.744 e. The summed E-state index contributed by atoms with van der Waals surface area (Å²) < 4.78 is 69.2. The van der Waals surface area contributed by atoms with Gasteiger partial charge in [0.15, 0.2) is 0 Å². The second-order valence-corrected chi connectivity index (χ2v) is 24.2. The van der Waals surface area contributed by atoms with Crippen LogP contribution < -0.4 is 0 Å². The summed E-state index contributed by atoms with van der Waals surface area (Å²) in [6.07, 6.45) is 51.7. The first-order valence-electron chi connectivity index (χ1n) is 29.9. The van der Waals surface area contributed by atoms with Crippen LogP contribution >= 0.6 is 0 Å². The topological polar surface area (TPSA) is 114 Å². The smallest absolute Gasteiger partial charge is 0.744 e. The first-order chi connectivity index (χ1) is 34.9. The number of unbranched alkanes of at least 4 members (excludes halogenated alkanes) is 32. The quantitative estimate of drug-likeness (QED) is 0.0248. The third kappa shape index (κ3) is 29.4. The second-order valence-electron chi connectivity index (χ2n) is 21.4. The summed E-state index contributed by atoms with van der Waals surface area (Å²) in [7, 11) is -8.87. The van der Waals surface area contributed by atoms with Crippen LogP contribution in [0.3, 0.4) is 0 Å². The molecule has 0 aliphatic carbocycles. The van der Waals surface area contributed by atoms with Crippen LogP contribution in [0, 0.1) is 0 Å². The SMILES string of the molecule is CCCCCCCCCCCc1ccc2cc(S(=O)(=O)[O-])ccc2c1CCCCCCCCCCC.CCCCCCCCCCCc1ccc2cc(S(=O)(=O)[O-])ccc2c1CCCCCCCCCCC.[Ba+2]. The molecular weight excluding hydrogens is 1070 g/mol. The van der Waals surface area contributed by atoms with Gasteiger partial charge in [0.25, 0.3) is 0 Å². The molecule has 4 aromatic rings. The molecule has 0 fully saturated rings. The van der Waals surface area contributed by atoms with Crippen molar-refractivity contribution >= 4 is 90.7 Å². The van der Waals surface area contributed by atoms with Crippen LogP contribution in [0.15, 0.2) is 70.5 Å². The monoisotopic (exact) mass is 1170 g/mol. The van der Waals surface area contributed by atoms with Gasteiger partial charge in [-0.25, -0.2) is 16.8 Å². The number of rotatable bonds is 42. The van der Waals surface area contributed by atoms with E-state index < -0.39 is 20.2 Å². The van der Waals surface area contributed by atoms with Gasteiger partial charge in [0, 0.05) is 0 Å². The predicted molar refractivity (Wildman–Crippen MR) is 313 cm³/mol. The minimum atomic E-state index is -4.43. The molecule has 408 valence electrons. The van der Waals surface area contributed by atoms with Crippen molar-refractivity contribution in [1.82, 2.24) is 0 Å². The average molecular weight is 1170 g/mol. The Morgan fingerprint density at radius 3 is 0.781 bits per heavy atom. The van der Waals surface area contributed by atoms with Crippen molar-refractivity contribution in [1.29, 1.82) is 0 Å². The fourth-order valence-electron chi connectivity index (χ4n) is 10.7. The van der Waals surface area contributed by atoms with Crippen molar-refractivity contribution < 1.29 is 25.9 Å². The molecule has 4 rings (SSSR count). The van der Waals surface area contributed by atoms with Gasteiger partial charge in [-0.05, 0) is 119 Å². The van der Waals surface area contributed by atoms with E-state index in [-0.39, 0.29) is 58.7 Å². The maximum absolute atomic E-state index is 11.5. The molecule has 0 saturated heterocycles. The van der Waals surface area contributed by atoms with E-state index in [0.717, 1.165) is 47.2 Å². The Hall–Kier alpha value is -1.21. The molecule has 0 bridgehead atoms. The molecule has 73 heavy (non-hydrogen) atoms. The van der Waals surface area contributed by atoms with Crippen LogP contribution in [-0.4, -0.2) is 74.8 Å². The van der Waals surface area contributed by atoms with Crippen LogP contribution in [-0.2, 0) is 45.9 Å². The number of hydrogen-bond acceptors (Lipinski definition) is 6. The Kier molecular flexibility index (Phi) is 38.9. The molecule has 6 nitrogen and oxygen atoms in total. The van der Waals surface area contributed by atoms with Crippen molar-refractivity contribution in [3.05, 3.63) is 82.9 Å². The van der Waals surface area contributed by atoms with Crippen LogP contribution in [0.2, 0.25) is 0 Å². The van der Waals surface area contributed by atoms with Gasteiger partial charge in [-0.3, -0.25) is 0 Å². The van der Waals surface area contributed by atoms with E-state index in [1.165, 1.54) is 266 Å². The van der Waals surface area contributed by atoms with Gasteiger partial charge in [-0.1, -0.05) is 270 Å². The number of benzene rings is 4. The van der Waals surface area contributed by atoms with Gasteiger partial charge < -0.3 is 9.11 Å². The van der Waals surface area contributed by atoms with Crippen LogP contribution in [0.4, 0.5) is 0 Å². The number of fused-ring (bicyclic) bond motifs is 2. The maximum atomic E-state index is 11.5. The predicted octanol–water partition coefficient (Wildman–Crippen LogP) is 19.4. The minimum absolute atomic E-state index is 0. The molecule has 0 aliphatic heterocycles. The Morgan fingerprint density at radius 1 is 0.301 bits per heavy atom. The van der Waals surface area contributed by atoms with Crippen LogP contribution in [0.25, 0.3) is 21.5 Å². The number of hydrogen-bond donors (Lipinski definition) is 0. The van der Waals surface area contributed by atoms with E-state index in [1.54, 1.807) is 12.1 Å². The van der Waals surface area contributed by atoms with E-state index in [4.69, 9.17) is 0 Å². The van der Waals surface area contributed by atoms with Gasteiger partial charge in [0.05, 0.1) is 9.79 Å². The summed E-state index contributed by atoms with van der Waals surface area (Å²) in [6, 6.07) is 18.2. The van der Waals surface area contributed by atoms with Gasteiger partial charge >= 0.3 is 48.9 Å². The molecule has 9 heteroatoms. The first kappa shape index (κ1) is 67.9.